The van der Waals surface area contributed by atoms with Gasteiger partial charge in [0.15, 0.2) is 0 Å². The first-order valence-corrected chi connectivity index (χ1v) is 8.46. The Morgan fingerprint density at radius 2 is 1.81 bits per heavy atom. The van der Waals surface area contributed by atoms with Crippen molar-refractivity contribution in [3.05, 3.63) is 82.8 Å². The first-order valence-electron chi connectivity index (χ1n) is 8.08. The predicted molar refractivity (Wildman–Crippen MR) is 99.2 cm³/mol. The maximum atomic E-state index is 13.2. The second-order valence-corrected chi connectivity index (χ2v) is 6.08. The molecule has 0 unspecified atom stereocenters. The van der Waals surface area contributed by atoms with E-state index in [4.69, 9.17) is 11.6 Å². The molecule has 1 aromatic heterocycles. The fraction of sp³-hybridized carbons (Fsp3) is 0.105. The molecule has 3 rings (SSSR count). The molecule has 0 radical (unpaired) electrons. The van der Waals surface area contributed by atoms with E-state index in [1.807, 2.05) is 0 Å². The number of benzene rings is 2. The largest absolute Gasteiger partial charge is 0.350 e. The molecule has 0 fully saturated rings. The third-order valence-corrected chi connectivity index (χ3v) is 3.98. The monoisotopic (exact) mass is 388 g/mol. The fourth-order valence-electron chi connectivity index (χ4n) is 2.29. The molecule has 0 bridgehead atoms. The molecular formula is C19H15ClF2N4O. The van der Waals surface area contributed by atoms with E-state index in [1.54, 1.807) is 12.1 Å². The minimum atomic E-state index is -0.513. The van der Waals surface area contributed by atoms with Crippen LogP contribution in [0.2, 0.25) is 5.02 Å². The summed E-state index contributed by atoms with van der Waals surface area (Å²) in [5, 5.41) is 5.64. The number of rotatable bonds is 6. The summed E-state index contributed by atoms with van der Waals surface area (Å²) in [6.45, 7) is 0.389. The topological polar surface area (TPSA) is 66.9 Å². The summed E-state index contributed by atoms with van der Waals surface area (Å²) >= 11 is 5.72. The van der Waals surface area contributed by atoms with Crippen molar-refractivity contribution >= 4 is 29.0 Å². The summed E-state index contributed by atoms with van der Waals surface area (Å²) in [6, 6.07) is 10.3. The Kier molecular flexibility index (Phi) is 5.93. The number of nitrogens with zero attached hydrogens (tertiary/aromatic N) is 2. The molecule has 0 saturated heterocycles. The van der Waals surface area contributed by atoms with Crippen molar-refractivity contribution in [2.75, 3.05) is 11.9 Å². The summed E-state index contributed by atoms with van der Waals surface area (Å²) < 4.78 is 26.0. The van der Waals surface area contributed by atoms with Gasteiger partial charge in [-0.05, 0) is 42.3 Å². The van der Waals surface area contributed by atoms with Crippen LogP contribution < -0.4 is 10.6 Å². The van der Waals surface area contributed by atoms with Gasteiger partial charge in [0, 0.05) is 12.2 Å². The number of anilines is 2. The fourth-order valence-corrected chi connectivity index (χ4v) is 2.47. The zero-order chi connectivity index (χ0) is 19.2. The summed E-state index contributed by atoms with van der Waals surface area (Å²) in [6.07, 6.45) is 3.30. The van der Waals surface area contributed by atoms with Gasteiger partial charge in [0.1, 0.15) is 23.1 Å². The van der Waals surface area contributed by atoms with E-state index >= 15 is 0 Å². The molecule has 5 nitrogen and oxygen atoms in total. The van der Waals surface area contributed by atoms with Gasteiger partial charge in [-0.2, -0.15) is 0 Å². The molecule has 1 amide bonds. The van der Waals surface area contributed by atoms with Crippen LogP contribution in [0, 0.1) is 11.6 Å². The first kappa shape index (κ1) is 18.7. The Hall–Kier alpha value is -3.06. The lowest BCUT2D eigenvalue weighted by Gasteiger charge is -2.07. The van der Waals surface area contributed by atoms with Gasteiger partial charge in [0.05, 0.1) is 17.4 Å². The molecule has 8 heteroatoms. The number of halogens is 3. The zero-order valence-corrected chi connectivity index (χ0v) is 14.8. The quantitative estimate of drug-likeness (QED) is 0.666. The lowest BCUT2D eigenvalue weighted by atomic mass is 10.1. The molecular weight excluding hydrogens is 374 g/mol. The average molecular weight is 389 g/mol. The van der Waals surface area contributed by atoms with Crippen molar-refractivity contribution in [2.45, 2.75) is 6.42 Å². The van der Waals surface area contributed by atoms with Crippen LogP contribution in [0.15, 0.2) is 54.9 Å². The molecule has 0 aliphatic carbocycles. The van der Waals surface area contributed by atoms with Crippen molar-refractivity contribution in [3.63, 3.8) is 0 Å². The molecule has 1 heterocycles. The minimum Gasteiger partial charge on any atom is -0.350 e. The van der Waals surface area contributed by atoms with Gasteiger partial charge in [-0.1, -0.05) is 23.7 Å². The SMILES string of the molecule is O=C(NCCc1ccc(F)cc1)c1cnc(Nc2ccc(F)c(Cl)c2)cn1. The average Bonchev–Trinajstić information content (AvgIpc) is 2.67. The lowest BCUT2D eigenvalue weighted by Crippen LogP contribution is -2.26. The van der Waals surface area contributed by atoms with E-state index in [0.717, 1.165) is 5.56 Å². The molecule has 0 spiro atoms. The summed E-state index contributed by atoms with van der Waals surface area (Å²) in [5.74, 6) is -0.780. The van der Waals surface area contributed by atoms with Gasteiger partial charge in [0.2, 0.25) is 0 Å². The molecule has 27 heavy (non-hydrogen) atoms. The van der Waals surface area contributed by atoms with E-state index < -0.39 is 5.82 Å². The van der Waals surface area contributed by atoms with Crippen LogP contribution in [0.3, 0.4) is 0 Å². The normalized spacial score (nSPS) is 10.5. The summed E-state index contributed by atoms with van der Waals surface area (Å²) in [4.78, 5) is 20.3. The highest BCUT2D eigenvalue weighted by Crippen LogP contribution is 2.21. The Labute approximate surface area is 159 Å². The van der Waals surface area contributed by atoms with Crippen LogP contribution in [0.5, 0.6) is 0 Å². The molecule has 2 aromatic carbocycles. The number of amides is 1. The Morgan fingerprint density at radius 1 is 1.04 bits per heavy atom. The van der Waals surface area contributed by atoms with Crippen molar-refractivity contribution in [3.8, 4) is 0 Å². The highest BCUT2D eigenvalue weighted by Gasteiger charge is 2.08. The Balaban J connectivity index is 1.53. The molecule has 0 aliphatic rings. The summed E-state index contributed by atoms with van der Waals surface area (Å²) in [7, 11) is 0. The highest BCUT2D eigenvalue weighted by molar-refractivity contribution is 6.31. The van der Waals surface area contributed by atoms with E-state index in [9.17, 15) is 13.6 Å². The van der Waals surface area contributed by atoms with Crippen molar-refractivity contribution in [1.29, 1.82) is 0 Å². The van der Waals surface area contributed by atoms with Gasteiger partial charge in [0.25, 0.3) is 5.91 Å². The second-order valence-electron chi connectivity index (χ2n) is 5.67. The number of hydrogen-bond acceptors (Lipinski definition) is 4. The number of carbonyl (C=O) groups is 1. The van der Waals surface area contributed by atoms with E-state index in [2.05, 4.69) is 20.6 Å². The number of aromatic nitrogens is 2. The number of hydrogen-bond donors (Lipinski definition) is 2. The summed E-state index contributed by atoms with van der Waals surface area (Å²) in [5.41, 5.74) is 1.63. The molecule has 138 valence electrons. The van der Waals surface area contributed by atoms with Crippen LogP contribution in [-0.4, -0.2) is 22.4 Å². The lowest BCUT2D eigenvalue weighted by molar-refractivity contribution is 0.0949. The first-order chi connectivity index (χ1) is 13.0. The van der Waals surface area contributed by atoms with E-state index in [-0.39, 0.29) is 22.4 Å². The molecule has 3 aromatic rings. The van der Waals surface area contributed by atoms with Gasteiger partial charge in [-0.25, -0.2) is 18.7 Å². The van der Waals surface area contributed by atoms with Gasteiger partial charge in [-0.3, -0.25) is 4.79 Å². The van der Waals surface area contributed by atoms with Crippen LogP contribution in [0.25, 0.3) is 0 Å². The third kappa shape index (κ3) is 5.21. The zero-order valence-electron chi connectivity index (χ0n) is 14.0. The minimum absolute atomic E-state index is 0.00916. The van der Waals surface area contributed by atoms with Crippen molar-refractivity contribution < 1.29 is 13.6 Å². The van der Waals surface area contributed by atoms with Crippen molar-refractivity contribution in [2.24, 2.45) is 0 Å². The smallest absolute Gasteiger partial charge is 0.271 e. The van der Waals surface area contributed by atoms with Gasteiger partial charge < -0.3 is 10.6 Å². The molecule has 2 N–H and O–H groups in total. The van der Waals surface area contributed by atoms with Gasteiger partial charge in [-0.15, -0.1) is 0 Å². The third-order valence-electron chi connectivity index (χ3n) is 3.69. The van der Waals surface area contributed by atoms with Crippen LogP contribution in [0.4, 0.5) is 20.3 Å². The molecule has 0 aliphatic heterocycles. The van der Waals surface area contributed by atoms with Crippen LogP contribution in [-0.2, 0) is 6.42 Å². The predicted octanol–water partition coefficient (Wildman–Crippen LogP) is 4.12. The van der Waals surface area contributed by atoms with Gasteiger partial charge >= 0.3 is 0 Å². The van der Waals surface area contributed by atoms with Crippen LogP contribution in [0.1, 0.15) is 16.1 Å². The number of carbonyl (C=O) groups excluding carboxylic acids is 1. The maximum absolute atomic E-state index is 13.2. The van der Waals surface area contributed by atoms with E-state index in [1.165, 1.54) is 42.7 Å². The molecule has 0 atom stereocenters. The van der Waals surface area contributed by atoms with Crippen LogP contribution >= 0.6 is 11.6 Å². The Morgan fingerprint density at radius 3 is 2.48 bits per heavy atom. The van der Waals surface area contributed by atoms with Crippen molar-refractivity contribution in [1.82, 2.24) is 15.3 Å². The maximum Gasteiger partial charge on any atom is 0.271 e. The standard InChI is InChI=1S/C19H15ClF2N4O/c20-15-9-14(5-6-16(15)22)26-18-11-24-17(10-25-18)19(27)23-8-7-12-1-3-13(21)4-2-12/h1-6,9-11H,7-8H2,(H,23,27)(H,25,26). The number of nitrogens with one attached hydrogen (secondary N) is 2. The molecule has 0 saturated carbocycles. The van der Waals surface area contributed by atoms with E-state index in [0.29, 0.717) is 24.5 Å². The second kappa shape index (κ2) is 8.55. The Bertz CT molecular complexity index is 933. The highest BCUT2D eigenvalue weighted by atomic mass is 35.5.